The second-order valence-corrected chi connectivity index (χ2v) is 12.2. The minimum absolute atomic E-state index is 0.664. The number of rotatable bonds is 6. The van der Waals surface area contributed by atoms with Gasteiger partial charge in [0.25, 0.3) is 0 Å². The molecule has 39 heavy (non-hydrogen) atoms. The Balaban J connectivity index is 0.925. The molecule has 0 N–H and O–H groups in total. The molecular weight excluding hydrogens is 536 g/mol. The van der Waals surface area contributed by atoms with Crippen molar-refractivity contribution in [3.8, 4) is 0 Å². The van der Waals surface area contributed by atoms with Crippen LogP contribution in [0.5, 0.6) is 0 Å². The zero-order chi connectivity index (χ0) is 25.8. The van der Waals surface area contributed by atoms with Gasteiger partial charge in [-0.3, -0.25) is 0 Å². The van der Waals surface area contributed by atoms with Gasteiger partial charge >= 0.3 is 0 Å². The van der Waals surface area contributed by atoms with Gasteiger partial charge in [0.05, 0.1) is 18.8 Å². The fourth-order valence-corrected chi connectivity index (χ4v) is 7.60. The molecule has 0 spiro atoms. The first-order chi connectivity index (χ1) is 19.0. The van der Waals surface area contributed by atoms with E-state index in [-0.39, 0.29) is 0 Å². The molecule has 9 heteroatoms. The summed E-state index contributed by atoms with van der Waals surface area (Å²) in [7, 11) is 0. The van der Waals surface area contributed by atoms with Gasteiger partial charge in [0.1, 0.15) is 34.6 Å². The Morgan fingerprint density at radius 1 is 0.410 bits per heavy atom. The van der Waals surface area contributed by atoms with Crippen LogP contribution in [-0.2, 0) is 25.7 Å². The highest BCUT2D eigenvalue weighted by Crippen LogP contribution is 2.40. The molecule has 0 aliphatic carbocycles. The normalized spacial score (nSPS) is 12.8. The van der Waals surface area contributed by atoms with Crippen LogP contribution in [0.15, 0.2) is 67.3 Å². The van der Waals surface area contributed by atoms with Gasteiger partial charge in [-0.05, 0) is 38.1 Å². The number of hydrogen-bond acceptors (Lipinski definition) is 9. The van der Waals surface area contributed by atoms with E-state index in [1.807, 2.05) is 26.0 Å². The lowest BCUT2D eigenvalue weighted by Gasteiger charge is -1.94. The topological polar surface area (TPSA) is 92.0 Å². The molecule has 7 nitrogen and oxygen atoms in total. The summed E-state index contributed by atoms with van der Waals surface area (Å²) in [6, 6.07) is 12.2. The molecule has 0 unspecified atom stereocenters. The van der Waals surface area contributed by atoms with Crippen LogP contribution in [0.1, 0.15) is 34.6 Å². The van der Waals surface area contributed by atoms with Crippen molar-refractivity contribution in [2.45, 2.75) is 39.5 Å². The summed E-state index contributed by atoms with van der Waals surface area (Å²) < 4.78 is 46.4. The van der Waals surface area contributed by atoms with Crippen molar-refractivity contribution < 1.29 is 30.9 Å². The SMILES string of the molecule is Cc1cc2oc3cc(CCc4cc5sc6cc(CCc7cc8sc9cc(C)oc9c8o7)oc6c5o4)oc3c2o1. The summed E-state index contributed by atoms with van der Waals surface area (Å²) >= 11 is 3.39. The van der Waals surface area contributed by atoms with Gasteiger partial charge < -0.3 is 30.9 Å². The Bertz CT molecular complexity index is 2160. The molecule has 0 bridgehead atoms. The monoisotopic (exact) mass is 556 g/mol. The quantitative estimate of drug-likeness (QED) is 0.201. The lowest BCUT2D eigenvalue weighted by Crippen LogP contribution is -1.86. The maximum absolute atomic E-state index is 6.24. The van der Waals surface area contributed by atoms with Gasteiger partial charge in [-0.2, -0.15) is 0 Å². The van der Waals surface area contributed by atoms with E-state index >= 15 is 0 Å². The maximum atomic E-state index is 6.24. The average molecular weight is 557 g/mol. The first kappa shape index (κ1) is 21.8. The molecule has 0 saturated carbocycles. The molecule has 9 rings (SSSR count). The van der Waals surface area contributed by atoms with E-state index in [1.165, 1.54) is 0 Å². The van der Waals surface area contributed by atoms with E-state index in [2.05, 4.69) is 24.3 Å². The molecule has 0 saturated heterocycles. The average Bonchev–Trinajstić information content (AvgIpc) is 3.70. The van der Waals surface area contributed by atoms with Gasteiger partial charge in [0.15, 0.2) is 33.5 Å². The summed E-state index contributed by atoms with van der Waals surface area (Å²) in [5.74, 6) is 5.31. The number of fused-ring (bicyclic) bond motifs is 9. The Labute approximate surface area is 227 Å². The minimum Gasteiger partial charge on any atom is -0.456 e. The van der Waals surface area contributed by atoms with Crippen LogP contribution in [0.25, 0.3) is 63.5 Å². The number of hydrogen-bond donors (Lipinski definition) is 0. The van der Waals surface area contributed by atoms with Crippen LogP contribution in [0, 0.1) is 13.8 Å². The molecule has 194 valence electrons. The predicted octanol–water partition coefficient (Wildman–Crippen LogP) is 10.1. The highest BCUT2D eigenvalue weighted by molar-refractivity contribution is 7.26. The first-order valence-corrected chi connectivity index (χ1v) is 14.4. The van der Waals surface area contributed by atoms with Gasteiger partial charge in [-0.15, -0.1) is 22.7 Å². The molecule has 9 heterocycles. The van der Waals surface area contributed by atoms with Crippen molar-refractivity contribution in [2.24, 2.45) is 0 Å². The lowest BCUT2D eigenvalue weighted by atomic mass is 10.2. The van der Waals surface area contributed by atoms with E-state index in [1.54, 1.807) is 22.7 Å². The third-order valence-corrected chi connectivity index (χ3v) is 9.25. The summed E-state index contributed by atoms with van der Waals surface area (Å²) in [4.78, 5) is 0. The fourth-order valence-electron chi connectivity index (χ4n) is 5.42. The molecule has 0 aliphatic heterocycles. The number of thiophene rings is 2. The van der Waals surface area contributed by atoms with Crippen LogP contribution >= 0.6 is 22.7 Å². The standard InChI is InChI=1S/C30H20O7S2/c1-13-7-19-25(31-13)26-20(37-19)9-15(33-26)3-4-16-11-23-29(35-16)30-24(39-23)12-18(36-30)6-5-17-10-22-28(34-17)27-21(38-22)8-14(2)32-27/h7-12H,3-6H2,1-2H3. The number of aryl methyl sites for hydroxylation is 6. The Morgan fingerprint density at radius 3 is 1.38 bits per heavy atom. The molecule has 0 radical (unpaired) electrons. The van der Waals surface area contributed by atoms with Crippen LogP contribution in [-0.4, -0.2) is 0 Å². The van der Waals surface area contributed by atoms with Crippen LogP contribution < -0.4 is 0 Å². The summed E-state index contributed by atoms with van der Waals surface area (Å²) in [6.45, 7) is 3.85. The predicted molar refractivity (Wildman–Crippen MR) is 150 cm³/mol. The second-order valence-electron chi connectivity index (χ2n) is 10.0. The van der Waals surface area contributed by atoms with E-state index in [4.69, 9.17) is 30.9 Å². The molecular formula is C30H20O7S2. The van der Waals surface area contributed by atoms with Crippen LogP contribution in [0.2, 0.25) is 0 Å². The van der Waals surface area contributed by atoms with Crippen molar-refractivity contribution in [1.82, 2.24) is 0 Å². The van der Waals surface area contributed by atoms with Crippen molar-refractivity contribution in [3.63, 3.8) is 0 Å². The number of furan rings is 7. The summed E-state index contributed by atoms with van der Waals surface area (Å²) in [5, 5.41) is 0. The highest BCUT2D eigenvalue weighted by Gasteiger charge is 2.20. The van der Waals surface area contributed by atoms with Crippen LogP contribution in [0.3, 0.4) is 0 Å². The van der Waals surface area contributed by atoms with Crippen molar-refractivity contribution in [1.29, 1.82) is 0 Å². The Hall–Kier alpha value is -4.08. The smallest absolute Gasteiger partial charge is 0.215 e. The van der Waals surface area contributed by atoms with Crippen molar-refractivity contribution >= 4 is 86.1 Å². The van der Waals surface area contributed by atoms with Crippen LogP contribution in [0.4, 0.5) is 0 Å². The molecule has 9 aromatic heterocycles. The molecule has 0 fully saturated rings. The minimum atomic E-state index is 0.664. The van der Waals surface area contributed by atoms with Gasteiger partial charge in [0.2, 0.25) is 11.2 Å². The zero-order valence-corrected chi connectivity index (χ0v) is 22.6. The Kier molecular flexibility index (Phi) is 4.33. The largest absolute Gasteiger partial charge is 0.456 e. The molecule has 0 amide bonds. The van der Waals surface area contributed by atoms with Crippen molar-refractivity contribution in [3.05, 3.63) is 71.0 Å². The zero-order valence-electron chi connectivity index (χ0n) is 21.0. The van der Waals surface area contributed by atoms with Gasteiger partial charge in [-0.1, -0.05) is 0 Å². The summed E-state index contributed by atoms with van der Waals surface area (Å²) in [6.07, 6.45) is 2.92. The third kappa shape index (κ3) is 3.33. The third-order valence-electron chi connectivity index (χ3n) is 7.15. The molecule has 0 aliphatic rings. The second kappa shape index (κ2) is 7.74. The Morgan fingerprint density at radius 2 is 0.795 bits per heavy atom. The molecule has 0 aromatic carbocycles. The van der Waals surface area contributed by atoms with Crippen molar-refractivity contribution in [2.75, 3.05) is 0 Å². The van der Waals surface area contributed by atoms with E-state index in [0.29, 0.717) is 29.6 Å². The summed E-state index contributed by atoms with van der Waals surface area (Å²) in [5.41, 5.74) is 6.08. The lowest BCUT2D eigenvalue weighted by molar-refractivity contribution is 0.493. The van der Waals surface area contributed by atoms with Gasteiger partial charge in [-0.25, -0.2) is 0 Å². The van der Waals surface area contributed by atoms with Gasteiger partial charge in [0, 0.05) is 37.8 Å². The molecule has 9 aromatic rings. The first-order valence-electron chi connectivity index (χ1n) is 12.8. The maximum Gasteiger partial charge on any atom is 0.215 e. The van der Waals surface area contributed by atoms with E-state index in [0.717, 1.165) is 94.1 Å². The highest BCUT2D eigenvalue weighted by atomic mass is 32.1. The fraction of sp³-hybridized carbons (Fsp3) is 0.200. The van der Waals surface area contributed by atoms with E-state index in [9.17, 15) is 0 Å². The van der Waals surface area contributed by atoms with E-state index < -0.39 is 0 Å². The molecule has 0 atom stereocenters.